The van der Waals surface area contributed by atoms with Crippen molar-refractivity contribution >= 4 is 29.3 Å². The zero-order valence-electron chi connectivity index (χ0n) is 10.2. The second kappa shape index (κ2) is 7.21. The maximum atomic E-state index is 11.6. The van der Waals surface area contributed by atoms with E-state index in [2.05, 4.69) is 15.5 Å². The molecule has 4 nitrogen and oxygen atoms in total. The minimum atomic E-state index is 0.0285. The second-order valence-electron chi connectivity index (χ2n) is 3.91. The molecule has 1 heterocycles. The van der Waals surface area contributed by atoms with E-state index >= 15 is 0 Å². The Labute approximate surface area is 120 Å². The fourth-order valence-electron chi connectivity index (χ4n) is 1.48. The minimum Gasteiger partial charge on any atom is -0.352 e. The highest BCUT2D eigenvalue weighted by atomic mass is 35.5. The fourth-order valence-corrected chi connectivity index (χ4v) is 2.67. The molecule has 2 N–H and O–H groups in total. The molecule has 6 heteroatoms. The molecule has 0 aliphatic carbocycles. The van der Waals surface area contributed by atoms with Gasteiger partial charge in [0.2, 0.25) is 5.91 Å². The van der Waals surface area contributed by atoms with Crippen molar-refractivity contribution in [3.8, 4) is 0 Å². The summed E-state index contributed by atoms with van der Waals surface area (Å²) in [6, 6.07) is 7.64. The number of aromatic amines is 1. The number of hydrogen-bond donors (Lipinski definition) is 2. The highest BCUT2D eigenvalue weighted by Gasteiger charge is 2.04. The van der Waals surface area contributed by atoms with E-state index in [-0.39, 0.29) is 5.91 Å². The third kappa shape index (κ3) is 4.61. The normalized spacial score (nSPS) is 10.4. The van der Waals surface area contributed by atoms with Gasteiger partial charge in [0.25, 0.3) is 0 Å². The number of thioether (sulfide) groups is 1. The molecule has 0 spiro atoms. The summed E-state index contributed by atoms with van der Waals surface area (Å²) in [5.74, 6) is 0.738. The maximum Gasteiger partial charge on any atom is 0.221 e. The lowest BCUT2D eigenvalue weighted by molar-refractivity contribution is -0.120. The number of H-pyrrole nitrogens is 1. The van der Waals surface area contributed by atoms with Crippen LogP contribution in [-0.4, -0.2) is 21.9 Å². The number of benzene rings is 1. The third-order valence-electron chi connectivity index (χ3n) is 2.47. The summed E-state index contributed by atoms with van der Waals surface area (Å²) in [4.78, 5) is 12.6. The Morgan fingerprint density at radius 2 is 2.26 bits per heavy atom. The lowest BCUT2D eigenvalue weighted by Crippen LogP contribution is -2.22. The van der Waals surface area contributed by atoms with Crippen molar-refractivity contribution in [3.63, 3.8) is 0 Å². The van der Waals surface area contributed by atoms with Crippen LogP contribution in [0, 0.1) is 0 Å². The molecule has 0 fully saturated rings. The molecule has 0 saturated heterocycles. The molecule has 2 rings (SSSR count). The van der Waals surface area contributed by atoms with E-state index in [0.717, 1.165) is 15.5 Å². The van der Waals surface area contributed by atoms with Gasteiger partial charge in [-0.05, 0) is 12.1 Å². The second-order valence-corrected chi connectivity index (χ2v) is 5.46. The summed E-state index contributed by atoms with van der Waals surface area (Å²) >= 11 is 7.62. The van der Waals surface area contributed by atoms with Crippen LogP contribution < -0.4 is 5.32 Å². The zero-order valence-corrected chi connectivity index (χ0v) is 11.8. The quantitative estimate of drug-likeness (QED) is 0.806. The molecule has 0 aliphatic rings. The van der Waals surface area contributed by atoms with Gasteiger partial charge in [-0.3, -0.25) is 9.89 Å². The molecule has 0 saturated carbocycles. The number of amides is 1. The summed E-state index contributed by atoms with van der Waals surface area (Å²) in [6.45, 7) is 0.506. The van der Waals surface area contributed by atoms with Crippen molar-refractivity contribution in [2.24, 2.45) is 0 Å². The predicted octanol–water partition coefficient (Wildman–Crippen LogP) is 2.86. The Balaban J connectivity index is 1.68. The van der Waals surface area contributed by atoms with Crippen LogP contribution in [0.4, 0.5) is 0 Å². The number of aromatic nitrogens is 2. The van der Waals surface area contributed by atoms with Gasteiger partial charge in [-0.1, -0.05) is 23.7 Å². The Bertz CT molecular complexity index is 530. The number of nitrogens with zero attached hydrogens (tertiary/aromatic N) is 1. The molecule has 100 valence electrons. The zero-order chi connectivity index (χ0) is 13.5. The molecule has 0 aliphatic heterocycles. The Morgan fingerprint density at radius 3 is 3.00 bits per heavy atom. The lowest BCUT2D eigenvalue weighted by Gasteiger charge is -2.05. The molecule has 1 amide bonds. The van der Waals surface area contributed by atoms with Crippen LogP contribution in [0.25, 0.3) is 0 Å². The van der Waals surface area contributed by atoms with Crippen LogP contribution in [0.2, 0.25) is 5.02 Å². The first-order valence-electron chi connectivity index (χ1n) is 5.87. The molecule has 0 unspecified atom stereocenters. The predicted molar refractivity (Wildman–Crippen MR) is 77.2 cm³/mol. The van der Waals surface area contributed by atoms with Gasteiger partial charge >= 0.3 is 0 Å². The van der Waals surface area contributed by atoms with E-state index < -0.39 is 0 Å². The van der Waals surface area contributed by atoms with E-state index in [9.17, 15) is 4.79 Å². The van der Waals surface area contributed by atoms with E-state index in [1.807, 2.05) is 24.3 Å². The molecular weight excluding hydrogens is 282 g/mol. The highest BCUT2D eigenvalue weighted by molar-refractivity contribution is 7.99. The van der Waals surface area contributed by atoms with E-state index in [1.165, 1.54) is 0 Å². The van der Waals surface area contributed by atoms with Gasteiger partial charge < -0.3 is 5.32 Å². The van der Waals surface area contributed by atoms with E-state index in [1.54, 1.807) is 24.2 Å². The van der Waals surface area contributed by atoms with Gasteiger partial charge in [0.1, 0.15) is 0 Å². The molecule has 2 aromatic rings. The Kier molecular flexibility index (Phi) is 5.30. The maximum absolute atomic E-state index is 11.6. The van der Waals surface area contributed by atoms with E-state index in [4.69, 9.17) is 11.6 Å². The van der Waals surface area contributed by atoms with Crippen LogP contribution in [0.1, 0.15) is 12.0 Å². The van der Waals surface area contributed by atoms with Crippen molar-refractivity contribution in [3.05, 3.63) is 47.2 Å². The Hall–Kier alpha value is -1.46. The number of hydrogen-bond acceptors (Lipinski definition) is 3. The van der Waals surface area contributed by atoms with Crippen LogP contribution in [0.15, 0.2) is 41.6 Å². The van der Waals surface area contributed by atoms with Gasteiger partial charge in [-0.2, -0.15) is 5.10 Å². The molecule has 0 radical (unpaired) electrons. The van der Waals surface area contributed by atoms with Crippen LogP contribution >= 0.6 is 23.4 Å². The summed E-state index contributed by atoms with van der Waals surface area (Å²) in [6.07, 6.45) is 3.92. The average Bonchev–Trinajstić information content (AvgIpc) is 2.92. The average molecular weight is 296 g/mol. The monoisotopic (exact) mass is 295 g/mol. The standard InChI is InChI=1S/C13H14ClN3OS/c14-11-3-1-2-4-12(11)19-6-5-13(18)15-7-10-8-16-17-9-10/h1-4,8-9H,5-7H2,(H,15,18)(H,16,17). The van der Waals surface area contributed by atoms with Crippen LogP contribution in [-0.2, 0) is 11.3 Å². The minimum absolute atomic E-state index is 0.0285. The van der Waals surface area contributed by atoms with Gasteiger partial charge in [-0.25, -0.2) is 0 Å². The van der Waals surface area contributed by atoms with Crippen LogP contribution in [0.5, 0.6) is 0 Å². The van der Waals surface area contributed by atoms with Gasteiger partial charge in [-0.15, -0.1) is 11.8 Å². The first-order chi connectivity index (χ1) is 9.25. The van der Waals surface area contributed by atoms with Gasteiger partial charge in [0.05, 0.1) is 11.2 Å². The largest absolute Gasteiger partial charge is 0.352 e. The van der Waals surface area contributed by atoms with Gasteiger partial charge in [0.15, 0.2) is 0 Å². The fraction of sp³-hybridized carbons (Fsp3) is 0.231. The first kappa shape index (κ1) is 14.0. The number of carbonyl (C=O) groups excluding carboxylic acids is 1. The summed E-state index contributed by atoms with van der Waals surface area (Å²) in [5, 5.41) is 10.1. The Morgan fingerprint density at radius 1 is 1.42 bits per heavy atom. The molecule has 1 aromatic heterocycles. The number of halogens is 1. The highest BCUT2D eigenvalue weighted by Crippen LogP contribution is 2.26. The van der Waals surface area contributed by atoms with Crippen molar-refractivity contribution in [1.82, 2.24) is 15.5 Å². The number of nitrogens with one attached hydrogen (secondary N) is 2. The SMILES string of the molecule is O=C(CCSc1ccccc1Cl)NCc1cn[nH]c1. The van der Waals surface area contributed by atoms with Crippen molar-refractivity contribution in [2.75, 3.05) is 5.75 Å². The van der Waals surface area contributed by atoms with Crippen molar-refractivity contribution in [2.45, 2.75) is 17.9 Å². The number of rotatable bonds is 6. The first-order valence-corrected chi connectivity index (χ1v) is 7.24. The molecule has 1 aromatic carbocycles. The molecule has 0 atom stereocenters. The van der Waals surface area contributed by atoms with Crippen molar-refractivity contribution in [1.29, 1.82) is 0 Å². The summed E-state index contributed by atoms with van der Waals surface area (Å²) in [5.41, 5.74) is 0.965. The van der Waals surface area contributed by atoms with Crippen LogP contribution in [0.3, 0.4) is 0 Å². The van der Waals surface area contributed by atoms with E-state index in [0.29, 0.717) is 18.7 Å². The smallest absolute Gasteiger partial charge is 0.221 e. The molecule has 0 bridgehead atoms. The lowest BCUT2D eigenvalue weighted by atomic mass is 10.3. The van der Waals surface area contributed by atoms with Gasteiger partial charge in [0, 0.05) is 35.4 Å². The molecule has 19 heavy (non-hydrogen) atoms. The topological polar surface area (TPSA) is 57.8 Å². The summed E-state index contributed by atoms with van der Waals surface area (Å²) < 4.78 is 0. The van der Waals surface area contributed by atoms with Crippen molar-refractivity contribution < 1.29 is 4.79 Å². The molecular formula is C13H14ClN3OS. The number of carbonyl (C=O) groups is 1. The summed E-state index contributed by atoms with van der Waals surface area (Å²) in [7, 11) is 0. The third-order valence-corrected chi connectivity index (χ3v) is 3.98.